The third-order valence-electron chi connectivity index (χ3n) is 16.1. The smallest absolute Gasteiger partial charge is 0.341 e. The van der Waals surface area contributed by atoms with Crippen LogP contribution in [-0.2, 0) is 16.2 Å². The van der Waals surface area contributed by atoms with Gasteiger partial charge in [-0.2, -0.15) is 0 Å². The number of fused-ring (bicyclic) bond motifs is 5. The number of rotatable bonds is 18. The lowest BCUT2D eigenvalue weighted by atomic mass is 9.69. The van der Waals surface area contributed by atoms with E-state index in [0.717, 1.165) is 24.3 Å². The number of quaternary nitrogens is 2. The second-order valence-corrected chi connectivity index (χ2v) is 21.1. The Morgan fingerprint density at radius 2 is 1.10 bits per heavy atom. The van der Waals surface area contributed by atoms with Crippen molar-refractivity contribution in [1.82, 2.24) is 0 Å². The highest BCUT2D eigenvalue weighted by Gasteiger charge is 2.76. The molecule has 0 amide bonds. The van der Waals surface area contributed by atoms with Gasteiger partial charge in [0.2, 0.25) is 12.1 Å². The van der Waals surface area contributed by atoms with Gasteiger partial charge < -0.3 is 18.4 Å². The van der Waals surface area contributed by atoms with Gasteiger partial charge >= 0.3 is 6.03 Å². The highest BCUT2D eigenvalue weighted by molar-refractivity contribution is 5.84. The van der Waals surface area contributed by atoms with Gasteiger partial charge in [-0.3, -0.25) is 0 Å². The molecule has 3 aliphatic heterocycles. The molecule has 6 heteroatoms. The average molecular weight is 799 g/mol. The van der Waals surface area contributed by atoms with Crippen molar-refractivity contribution in [3.05, 3.63) is 58.1 Å². The molecule has 6 rings (SSSR count). The van der Waals surface area contributed by atoms with Crippen LogP contribution in [0.3, 0.4) is 0 Å². The summed E-state index contributed by atoms with van der Waals surface area (Å²) in [5, 5.41) is 0. The minimum Gasteiger partial charge on any atom is -0.341 e. The fraction of sp³-hybridized carbons (Fsp3) is 0.731. The van der Waals surface area contributed by atoms with Crippen molar-refractivity contribution >= 4 is 12.4 Å². The van der Waals surface area contributed by atoms with Crippen molar-refractivity contribution < 1.29 is 27.6 Å². The molecule has 2 fully saturated rings. The largest absolute Gasteiger partial charge is 0.704 e. The fourth-order valence-corrected chi connectivity index (χ4v) is 11.5. The lowest BCUT2D eigenvalue weighted by Crippen LogP contribution is -2.60. The van der Waals surface area contributed by atoms with Crippen LogP contribution in [0, 0.1) is 0 Å². The molecule has 4 aliphatic rings. The quantitative estimate of drug-likeness (QED) is 0.111. The number of unbranched alkanes of at least 4 members (excludes halogenated alkanes) is 1. The summed E-state index contributed by atoms with van der Waals surface area (Å²) in [4.78, 5) is 0. The first kappa shape index (κ1) is 44.8. The van der Waals surface area contributed by atoms with Crippen LogP contribution >= 0.6 is 0 Å². The first-order chi connectivity index (χ1) is 27.5. The molecule has 2 aromatic carbocycles. The Hall–Kier alpha value is -2.70. The van der Waals surface area contributed by atoms with Gasteiger partial charge in [0.15, 0.2) is 23.9 Å². The van der Waals surface area contributed by atoms with E-state index in [2.05, 4.69) is 142 Å². The molecule has 1 saturated heterocycles. The zero-order valence-electron chi connectivity index (χ0n) is 39.7. The summed E-state index contributed by atoms with van der Waals surface area (Å²) in [6, 6.07) is 11.8. The van der Waals surface area contributed by atoms with Gasteiger partial charge in [-0.05, 0) is 132 Å². The molecule has 1 spiro atoms. The Balaban J connectivity index is 1.45. The van der Waals surface area contributed by atoms with Gasteiger partial charge in [0.05, 0.1) is 63.5 Å². The molecule has 2 aromatic rings. The molecular formula is C52H86N4O2+4. The summed E-state index contributed by atoms with van der Waals surface area (Å²) < 4.78 is 22.3. The molecular weight excluding hydrogens is 713 g/mol. The van der Waals surface area contributed by atoms with Gasteiger partial charge in [-0.1, -0.05) is 82.6 Å². The first-order valence-corrected chi connectivity index (χ1v) is 24.2. The lowest BCUT2D eigenvalue weighted by Gasteiger charge is -2.41. The van der Waals surface area contributed by atoms with Gasteiger partial charge in [0.1, 0.15) is 0 Å². The molecule has 1 saturated carbocycles. The Kier molecular flexibility index (Phi) is 13.4. The second-order valence-electron chi connectivity index (χ2n) is 21.1. The molecule has 0 N–H and O–H groups in total. The zero-order valence-corrected chi connectivity index (χ0v) is 39.7. The normalized spacial score (nSPS) is 21.8. The van der Waals surface area contributed by atoms with E-state index in [1.165, 1.54) is 147 Å². The van der Waals surface area contributed by atoms with Crippen LogP contribution < -0.4 is 9.47 Å². The van der Waals surface area contributed by atoms with E-state index in [-0.39, 0.29) is 16.2 Å². The van der Waals surface area contributed by atoms with Crippen molar-refractivity contribution in [3.8, 4) is 11.5 Å². The summed E-state index contributed by atoms with van der Waals surface area (Å²) in [6.07, 6.45) is 18.5. The minimum absolute atomic E-state index is 0.0368. The number of ether oxygens (including phenoxy) is 2. The third-order valence-corrected chi connectivity index (χ3v) is 16.1. The summed E-state index contributed by atoms with van der Waals surface area (Å²) in [6.45, 7) is 40.6. The van der Waals surface area contributed by atoms with Crippen LogP contribution in [0.5, 0.6) is 11.5 Å². The number of hydrogen-bond donors (Lipinski definition) is 0. The molecule has 1 aliphatic carbocycles. The summed E-state index contributed by atoms with van der Waals surface area (Å²) in [5.74, 6) is 1.93. The van der Waals surface area contributed by atoms with E-state index < -0.39 is 6.03 Å². The van der Waals surface area contributed by atoms with Crippen LogP contribution in [0.2, 0.25) is 0 Å². The maximum atomic E-state index is 7.47. The molecule has 3 unspecified atom stereocenters. The lowest BCUT2D eigenvalue weighted by molar-refractivity contribution is -0.923. The maximum Gasteiger partial charge on any atom is 0.704 e. The van der Waals surface area contributed by atoms with Crippen LogP contribution in [0.25, 0.3) is 0 Å². The topological polar surface area (TPSA) is 24.5 Å². The van der Waals surface area contributed by atoms with E-state index in [1.807, 2.05) is 0 Å². The highest BCUT2D eigenvalue weighted by atomic mass is 16.7. The average Bonchev–Trinajstić information content (AvgIpc) is 3.48. The molecule has 0 aromatic heterocycles. The Labute approximate surface area is 355 Å². The maximum absolute atomic E-state index is 7.47. The Morgan fingerprint density at radius 1 is 0.603 bits per heavy atom. The Morgan fingerprint density at radius 3 is 1.59 bits per heavy atom. The molecule has 6 nitrogen and oxygen atoms in total. The third kappa shape index (κ3) is 8.33. The summed E-state index contributed by atoms with van der Waals surface area (Å²) in [7, 11) is 0. The zero-order chi connectivity index (χ0) is 42.1. The Bertz CT molecular complexity index is 1760. The number of hydrogen-bond acceptors (Lipinski definition) is 2. The molecule has 0 bridgehead atoms. The molecule has 3 atom stereocenters. The molecule has 3 heterocycles. The predicted molar refractivity (Wildman–Crippen MR) is 244 cm³/mol. The van der Waals surface area contributed by atoms with Crippen LogP contribution in [0.4, 0.5) is 0 Å². The van der Waals surface area contributed by atoms with Crippen LogP contribution in [0.15, 0.2) is 30.3 Å². The summed E-state index contributed by atoms with van der Waals surface area (Å²) in [5.41, 5.74) is 6.66. The van der Waals surface area contributed by atoms with Crippen molar-refractivity contribution in [2.75, 3.05) is 52.4 Å². The minimum atomic E-state index is -1.02. The fourth-order valence-electron chi connectivity index (χ4n) is 11.5. The van der Waals surface area contributed by atoms with Crippen molar-refractivity contribution in [3.63, 3.8) is 0 Å². The predicted octanol–water partition coefficient (Wildman–Crippen LogP) is 11.3. The van der Waals surface area contributed by atoms with E-state index in [0.29, 0.717) is 12.1 Å². The standard InChI is InChI=1S/C52H86N4O2/c1-14-21-30-51(31-24-33-55(15-2,16-3)17-4,32-25-34-56(18-5,19-6)20-7)42-28-29-47-40(35-42)38-53-45-26-22-23-27-46(45)54-39-41-36-43(49(8,9)10)37-44(50(11,12)13)48(41)58-52(53,54)57-47/h28-29,35-39,45-46H,14-27,30-34H2,1-13H3/q+4. The van der Waals surface area contributed by atoms with Gasteiger partial charge in [-0.25, -0.2) is 0 Å². The summed E-state index contributed by atoms with van der Waals surface area (Å²) >= 11 is 0. The van der Waals surface area contributed by atoms with E-state index >= 15 is 0 Å². The molecule has 0 radical (unpaired) electrons. The van der Waals surface area contributed by atoms with Gasteiger partial charge in [0.25, 0.3) is 0 Å². The number of nitrogens with zero attached hydrogens (tertiary/aromatic N) is 4. The molecule has 58 heavy (non-hydrogen) atoms. The van der Waals surface area contributed by atoms with Crippen LogP contribution in [0.1, 0.15) is 188 Å². The highest BCUT2D eigenvalue weighted by Crippen LogP contribution is 2.49. The van der Waals surface area contributed by atoms with E-state index in [4.69, 9.17) is 9.47 Å². The first-order valence-electron chi connectivity index (χ1n) is 24.2. The van der Waals surface area contributed by atoms with Crippen LogP contribution in [-0.4, -0.2) is 101 Å². The number of benzene rings is 2. The van der Waals surface area contributed by atoms with Gasteiger partial charge in [-0.15, -0.1) is 0 Å². The molecule has 322 valence electrons. The van der Waals surface area contributed by atoms with Gasteiger partial charge in [0, 0.05) is 18.4 Å². The SMILES string of the molecule is CCCCC(CCC[N+](CC)(CC)CC)(CCC[N+](CC)(CC)CC)c1ccc2c(c1)C=[N+]1C3CCCCC3[N+]3=Cc4cc(C(C)(C)C)cc(C(C)(C)C)c4OC13O2. The van der Waals surface area contributed by atoms with Crippen molar-refractivity contribution in [2.24, 2.45) is 0 Å². The monoisotopic (exact) mass is 799 g/mol. The second kappa shape index (κ2) is 17.3. The van der Waals surface area contributed by atoms with Crippen molar-refractivity contribution in [2.45, 2.75) is 195 Å². The van der Waals surface area contributed by atoms with Crippen molar-refractivity contribution in [1.29, 1.82) is 0 Å². The van der Waals surface area contributed by atoms with E-state index in [1.54, 1.807) is 0 Å². The van der Waals surface area contributed by atoms with E-state index in [9.17, 15) is 0 Å².